The Labute approximate surface area is 222 Å². The molecule has 204 valence electrons. The Morgan fingerprint density at radius 2 is 1.74 bits per heavy atom. The minimum absolute atomic E-state index is 0.255. The molecule has 0 amide bonds. The van der Waals surface area contributed by atoms with Crippen LogP contribution in [0.3, 0.4) is 0 Å². The molecule has 8 nitrogen and oxygen atoms in total. The first-order valence-corrected chi connectivity index (χ1v) is 13.6. The second kappa shape index (κ2) is 11.5. The SMILES string of the molecule is CCCCc1nc(C(F)(F)CCC)nn1Cc1ccc(-n2c(C(C)C)cc(C(C)C)c2-c2nnn[nH]2)cc1. The Morgan fingerprint density at radius 1 is 1.00 bits per heavy atom. The third-order valence-corrected chi connectivity index (χ3v) is 6.76. The highest BCUT2D eigenvalue weighted by atomic mass is 19.3. The van der Waals surface area contributed by atoms with Gasteiger partial charge in [-0.15, -0.1) is 10.2 Å². The molecule has 4 aromatic rings. The molecular weight excluding hydrogens is 486 g/mol. The van der Waals surface area contributed by atoms with Crippen LogP contribution < -0.4 is 0 Å². The molecule has 4 rings (SSSR count). The molecule has 0 aliphatic carbocycles. The predicted octanol–water partition coefficient (Wildman–Crippen LogP) is 6.78. The summed E-state index contributed by atoms with van der Waals surface area (Å²) in [6.45, 7) is 12.9. The van der Waals surface area contributed by atoms with E-state index in [0.717, 1.165) is 35.5 Å². The van der Waals surface area contributed by atoms with E-state index in [1.54, 1.807) is 11.6 Å². The predicted molar refractivity (Wildman–Crippen MR) is 144 cm³/mol. The number of rotatable bonds is 12. The number of aromatic nitrogens is 8. The number of aromatic amines is 1. The summed E-state index contributed by atoms with van der Waals surface area (Å²) in [5, 5.41) is 19.0. The minimum atomic E-state index is -3.02. The molecule has 0 fully saturated rings. The number of nitrogens with zero attached hydrogens (tertiary/aromatic N) is 7. The van der Waals surface area contributed by atoms with E-state index in [4.69, 9.17) is 0 Å². The van der Waals surface area contributed by atoms with Crippen LogP contribution in [0, 0.1) is 0 Å². The molecule has 0 saturated heterocycles. The Morgan fingerprint density at radius 3 is 2.32 bits per heavy atom. The molecule has 0 atom stereocenters. The molecule has 1 aromatic carbocycles. The van der Waals surface area contributed by atoms with E-state index in [1.165, 1.54) is 5.56 Å². The van der Waals surface area contributed by atoms with Gasteiger partial charge in [-0.2, -0.15) is 8.78 Å². The topological polar surface area (TPSA) is 90.1 Å². The largest absolute Gasteiger partial charge is 0.310 e. The first kappa shape index (κ1) is 27.6. The van der Waals surface area contributed by atoms with Gasteiger partial charge in [0.1, 0.15) is 5.82 Å². The standard InChI is InChI=1S/C28H38F2N8/c1-7-9-10-24-31-27(28(29,30)15-8-2)34-37(24)17-20-11-13-21(14-12-20)38-23(19(5)6)16-22(18(3)4)25(38)26-32-35-36-33-26/h11-14,16,18-19H,7-10,15,17H2,1-6H3,(H,32,33,35,36). The average Bonchev–Trinajstić information content (AvgIpc) is 3.61. The van der Waals surface area contributed by atoms with Crippen LogP contribution in [-0.2, 0) is 18.9 Å². The maximum Gasteiger partial charge on any atom is 0.308 e. The van der Waals surface area contributed by atoms with Gasteiger partial charge in [-0.05, 0) is 64.4 Å². The van der Waals surface area contributed by atoms with Crippen LogP contribution in [0.1, 0.15) is 108 Å². The lowest BCUT2D eigenvalue weighted by Crippen LogP contribution is -2.16. The molecule has 3 heterocycles. The van der Waals surface area contributed by atoms with Crippen LogP contribution in [0.15, 0.2) is 30.3 Å². The van der Waals surface area contributed by atoms with Crippen molar-refractivity contribution in [2.45, 2.75) is 97.9 Å². The number of tetrazole rings is 1. The molecule has 0 bridgehead atoms. The molecule has 0 spiro atoms. The second-order valence-corrected chi connectivity index (χ2v) is 10.5. The number of nitrogens with one attached hydrogen (secondary N) is 1. The van der Waals surface area contributed by atoms with Gasteiger partial charge in [0, 0.05) is 24.2 Å². The monoisotopic (exact) mass is 524 g/mol. The summed E-state index contributed by atoms with van der Waals surface area (Å²) in [5.41, 5.74) is 5.22. The zero-order valence-corrected chi connectivity index (χ0v) is 23.2. The van der Waals surface area contributed by atoms with E-state index in [1.807, 2.05) is 24.3 Å². The van der Waals surface area contributed by atoms with Crippen molar-refractivity contribution < 1.29 is 8.78 Å². The van der Waals surface area contributed by atoms with Gasteiger partial charge in [-0.3, -0.25) is 0 Å². The fraction of sp³-hybridized carbons (Fsp3) is 0.536. The van der Waals surface area contributed by atoms with Crippen LogP contribution in [-0.4, -0.2) is 40.0 Å². The van der Waals surface area contributed by atoms with Crippen LogP contribution in [0.2, 0.25) is 0 Å². The number of unbranched alkanes of at least 4 members (excludes halogenated alkanes) is 1. The molecule has 3 aromatic heterocycles. The fourth-order valence-corrected chi connectivity index (χ4v) is 4.72. The Hall–Kier alpha value is -3.43. The molecule has 0 aliphatic heterocycles. The van der Waals surface area contributed by atoms with Crippen LogP contribution in [0.5, 0.6) is 0 Å². The van der Waals surface area contributed by atoms with E-state index < -0.39 is 5.92 Å². The van der Waals surface area contributed by atoms with Crippen molar-refractivity contribution in [1.82, 2.24) is 40.0 Å². The highest BCUT2D eigenvalue weighted by Crippen LogP contribution is 2.36. The lowest BCUT2D eigenvalue weighted by Gasteiger charge is -2.16. The number of hydrogen-bond acceptors (Lipinski definition) is 5. The van der Waals surface area contributed by atoms with Gasteiger partial charge in [0.15, 0.2) is 5.82 Å². The van der Waals surface area contributed by atoms with Crippen molar-refractivity contribution in [3.05, 3.63) is 58.8 Å². The van der Waals surface area contributed by atoms with Crippen molar-refractivity contribution in [1.29, 1.82) is 0 Å². The molecule has 0 unspecified atom stereocenters. The third-order valence-electron chi connectivity index (χ3n) is 6.76. The molecule has 10 heteroatoms. The maximum absolute atomic E-state index is 14.6. The van der Waals surface area contributed by atoms with E-state index in [-0.39, 0.29) is 24.1 Å². The van der Waals surface area contributed by atoms with Gasteiger partial charge in [-0.25, -0.2) is 14.8 Å². The van der Waals surface area contributed by atoms with E-state index in [9.17, 15) is 8.78 Å². The molecule has 0 aliphatic rings. The van der Waals surface area contributed by atoms with E-state index in [0.29, 0.717) is 31.0 Å². The smallest absolute Gasteiger partial charge is 0.308 e. The zero-order valence-electron chi connectivity index (χ0n) is 23.2. The molecule has 1 N–H and O–H groups in total. The third kappa shape index (κ3) is 5.68. The molecular formula is C28H38F2N8. The Kier molecular flexibility index (Phi) is 8.38. The van der Waals surface area contributed by atoms with Crippen LogP contribution in [0.4, 0.5) is 8.78 Å². The lowest BCUT2D eigenvalue weighted by atomic mass is 10.0. The summed E-state index contributed by atoms with van der Waals surface area (Å²) in [6.07, 6.45) is 2.57. The Balaban J connectivity index is 1.70. The number of H-pyrrole nitrogens is 1. The molecule has 38 heavy (non-hydrogen) atoms. The number of benzene rings is 1. The van der Waals surface area contributed by atoms with Gasteiger partial charge < -0.3 is 4.57 Å². The summed E-state index contributed by atoms with van der Waals surface area (Å²) in [4.78, 5) is 4.27. The fourth-order valence-electron chi connectivity index (χ4n) is 4.72. The van der Waals surface area contributed by atoms with Gasteiger partial charge in [0.2, 0.25) is 5.82 Å². The second-order valence-electron chi connectivity index (χ2n) is 10.5. The quantitative estimate of drug-likeness (QED) is 0.221. The van der Waals surface area contributed by atoms with Crippen molar-refractivity contribution in [2.75, 3.05) is 0 Å². The highest BCUT2D eigenvalue weighted by Gasteiger charge is 2.36. The van der Waals surface area contributed by atoms with Crippen LogP contribution >= 0.6 is 0 Å². The van der Waals surface area contributed by atoms with Gasteiger partial charge in [0.05, 0.1) is 12.2 Å². The number of alkyl halides is 2. The Bertz CT molecular complexity index is 1320. The van der Waals surface area contributed by atoms with Crippen molar-refractivity contribution >= 4 is 0 Å². The van der Waals surface area contributed by atoms with Crippen LogP contribution in [0.25, 0.3) is 17.2 Å². The maximum atomic E-state index is 14.6. The first-order chi connectivity index (χ1) is 18.2. The average molecular weight is 525 g/mol. The summed E-state index contributed by atoms with van der Waals surface area (Å²) in [7, 11) is 0. The normalized spacial score (nSPS) is 12.3. The van der Waals surface area contributed by atoms with E-state index >= 15 is 0 Å². The summed E-state index contributed by atoms with van der Waals surface area (Å²) < 4.78 is 33.1. The van der Waals surface area contributed by atoms with Gasteiger partial charge >= 0.3 is 5.92 Å². The highest BCUT2D eigenvalue weighted by molar-refractivity contribution is 5.63. The van der Waals surface area contributed by atoms with Crippen molar-refractivity contribution in [3.63, 3.8) is 0 Å². The first-order valence-electron chi connectivity index (χ1n) is 13.6. The van der Waals surface area contributed by atoms with Gasteiger partial charge in [0.25, 0.3) is 0 Å². The van der Waals surface area contributed by atoms with Gasteiger partial charge in [-0.1, -0.05) is 60.1 Å². The molecule has 0 saturated carbocycles. The number of halogens is 2. The van der Waals surface area contributed by atoms with Crippen molar-refractivity contribution in [2.24, 2.45) is 0 Å². The lowest BCUT2D eigenvalue weighted by molar-refractivity contribution is -0.0232. The number of hydrogen-bond donors (Lipinski definition) is 1. The minimum Gasteiger partial charge on any atom is -0.310 e. The summed E-state index contributed by atoms with van der Waals surface area (Å²) in [5.74, 6) is -1.61. The number of aryl methyl sites for hydroxylation is 1. The summed E-state index contributed by atoms with van der Waals surface area (Å²) >= 11 is 0. The zero-order chi connectivity index (χ0) is 27.4. The summed E-state index contributed by atoms with van der Waals surface area (Å²) in [6, 6.07) is 10.4. The van der Waals surface area contributed by atoms with E-state index in [2.05, 4.69) is 76.0 Å². The molecule has 0 radical (unpaired) electrons. The van der Waals surface area contributed by atoms with Crippen molar-refractivity contribution in [3.8, 4) is 17.2 Å².